The van der Waals surface area contributed by atoms with Gasteiger partial charge in [0.2, 0.25) is 0 Å². The van der Waals surface area contributed by atoms with Gasteiger partial charge in [0, 0.05) is 17.5 Å². The number of hydrogen-bond acceptors (Lipinski definition) is 3. The molecule has 1 N–H and O–H groups in total. The van der Waals surface area contributed by atoms with Crippen molar-refractivity contribution in [2.45, 2.75) is 72.3 Å². The highest BCUT2D eigenvalue weighted by Crippen LogP contribution is 2.36. The number of halogens is 1. The molecular weight excluding hydrogens is 270 g/mol. The molecule has 1 aliphatic carbocycles. The molecule has 1 heterocycles. The fourth-order valence-corrected chi connectivity index (χ4v) is 3.10. The van der Waals surface area contributed by atoms with Gasteiger partial charge >= 0.3 is 0 Å². The molecule has 20 heavy (non-hydrogen) atoms. The van der Waals surface area contributed by atoms with Crippen LogP contribution in [0.15, 0.2) is 0 Å². The van der Waals surface area contributed by atoms with Gasteiger partial charge in [-0.05, 0) is 31.6 Å². The second kappa shape index (κ2) is 5.88. The van der Waals surface area contributed by atoms with E-state index in [9.17, 15) is 0 Å². The van der Waals surface area contributed by atoms with Gasteiger partial charge in [0.1, 0.15) is 16.8 Å². The summed E-state index contributed by atoms with van der Waals surface area (Å²) in [5.41, 5.74) is 1.38. The number of nitrogens with one attached hydrogen (secondary N) is 1. The summed E-state index contributed by atoms with van der Waals surface area (Å²) in [6.45, 7) is 10.9. The third kappa shape index (κ3) is 3.63. The first kappa shape index (κ1) is 15.6. The summed E-state index contributed by atoms with van der Waals surface area (Å²) in [5.74, 6) is 2.02. The minimum absolute atomic E-state index is 0.288. The summed E-state index contributed by atoms with van der Waals surface area (Å²) in [4.78, 5) is 9.04. The van der Waals surface area contributed by atoms with E-state index in [2.05, 4.69) is 43.0 Å². The molecule has 1 fully saturated rings. The molecule has 1 unspecified atom stereocenters. The highest BCUT2D eigenvalue weighted by Gasteiger charge is 2.28. The Morgan fingerprint density at radius 3 is 2.60 bits per heavy atom. The molecule has 0 aromatic carbocycles. The van der Waals surface area contributed by atoms with Crippen molar-refractivity contribution in [2.75, 3.05) is 5.32 Å². The molecule has 3 nitrogen and oxygen atoms in total. The predicted octanol–water partition coefficient (Wildman–Crippen LogP) is 4.94. The van der Waals surface area contributed by atoms with Gasteiger partial charge < -0.3 is 5.32 Å². The van der Waals surface area contributed by atoms with Crippen LogP contribution in [-0.4, -0.2) is 16.0 Å². The molecule has 0 bridgehead atoms. The van der Waals surface area contributed by atoms with Crippen molar-refractivity contribution in [3.8, 4) is 0 Å². The molecule has 1 aromatic heterocycles. The van der Waals surface area contributed by atoms with E-state index in [1.807, 2.05) is 6.92 Å². The summed E-state index contributed by atoms with van der Waals surface area (Å²) in [6, 6.07) is 0.489. The van der Waals surface area contributed by atoms with Gasteiger partial charge in [-0.1, -0.05) is 45.7 Å². The quantitative estimate of drug-likeness (QED) is 0.802. The van der Waals surface area contributed by atoms with Crippen LogP contribution in [0, 0.1) is 12.3 Å². The van der Waals surface area contributed by atoms with Gasteiger partial charge in [0.25, 0.3) is 0 Å². The first-order valence-corrected chi connectivity index (χ1v) is 7.97. The van der Waals surface area contributed by atoms with Crippen LogP contribution >= 0.6 is 11.6 Å². The molecule has 1 saturated carbocycles. The fraction of sp³-hybridized carbons (Fsp3) is 0.750. The number of anilines is 1. The van der Waals surface area contributed by atoms with Gasteiger partial charge in [0.15, 0.2) is 0 Å². The molecule has 2 rings (SSSR count). The van der Waals surface area contributed by atoms with E-state index in [-0.39, 0.29) is 5.92 Å². The van der Waals surface area contributed by atoms with E-state index < -0.39 is 0 Å². The summed E-state index contributed by atoms with van der Waals surface area (Å²) in [6.07, 6.45) is 4.98. The third-order valence-corrected chi connectivity index (χ3v) is 4.53. The molecule has 112 valence electrons. The molecule has 0 aliphatic heterocycles. The van der Waals surface area contributed by atoms with Crippen LogP contribution in [0.2, 0.25) is 5.15 Å². The monoisotopic (exact) mass is 295 g/mol. The fourth-order valence-electron chi connectivity index (χ4n) is 2.92. The van der Waals surface area contributed by atoms with Gasteiger partial charge in [-0.2, -0.15) is 0 Å². The Bertz CT molecular complexity index is 483. The van der Waals surface area contributed by atoms with Gasteiger partial charge in [-0.25, -0.2) is 9.97 Å². The van der Waals surface area contributed by atoms with Crippen molar-refractivity contribution >= 4 is 17.4 Å². The number of aromatic nitrogens is 2. The minimum Gasteiger partial charge on any atom is -0.367 e. The zero-order valence-electron chi connectivity index (χ0n) is 13.3. The van der Waals surface area contributed by atoms with Gasteiger partial charge in [0.05, 0.1) is 0 Å². The van der Waals surface area contributed by atoms with Crippen LogP contribution in [-0.2, 0) is 0 Å². The van der Waals surface area contributed by atoms with E-state index in [1.165, 1.54) is 25.7 Å². The SMILES string of the molecule is Cc1c(Cl)nc(C(C)C)nc1NC1CCCC(C)(C)C1. The van der Waals surface area contributed by atoms with Crippen molar-refractivity contribution in [2.24, 2.45) is 5.41 Å². The van der Waals surface area contributed by atoms with Crippen LogP contribution in [0.4, 0.5) is 5.82 Å². The summed E-state index contributed by atoms with van der Waals surface area (Å²) in [7, 11) is 0. The van der Waals surface area contributed by atoms with E-state index in [0.717, 1.165) is 17.2 Å². The normalized spacial score (nSPS) is 22.1. The van der Waals surface area contributed by atoms with Crippen LogP contribution in [0.5, 0.6) is 0 Å². The second-order valence-corrected chi connectivity index (χ2v) is 7.46. The minimum atomic E-state index is 0.288. The third-order valence-electron chi connectivity index (χ3n) is 4.17. The lowest BCUT2D eigenvalue weighted by atomic mass is 9.75. The standard InChI is InChI=1S/C16H26ClN3/c1-10(2)14-19-13(17)11(3)15(20-14)18-12-7-6-8-16(4,5)9-12/h10,12H,6-9H2,1-5H3,(H,18,19,20). The van der Waals surface area contributed by atoms with Crippen molar-refractivity contribution < 1.29 is 0 Å². The van der Waals surface area contributed by atoms with E-state index in [0.29, 0.717) is 16.6 Å². The molecule has 0 spiro atoms. The predicted molar refractivity (Wildman–Crippen MR) is 85.5 cm³/mol. The Morgan fingerprint density at radius 2 is 2.00 bits per heavy atom. The molecule has 0 saturated heterocycles. The lowest BCUT2D eigenvalue weighted by Gasteiger charge is -2.36. The molecule has 4 heteroatoms. The van der Waals surface area contributed by atoms with E-state index >= 15 is 0 Å². The zero-order chi connectivity index (χ0) is 14.9. The van der Waals surface area contributed by atoms with Crippen molar-refractivity contribution in [1.29, 1.82) is 0 Å². The molecule has 1 aromatic rings. The smallest absolute Gasteiger partial charge is 0.137 e. The molecular formula is C16H26ClN3. The summed E-state index contributed by atoms with van der Waals surface area (Å²) >= 11 is 6.25. The number of hydrogen-bond donors (Lipinski definition) is 1. The van der Waals surface area contributed by atoms with Crippen molar-refractivity contribution in [1.82, 2.24) is 9.97 Å². The Labute approximate surface area is 127 Å². The Morgan fingerprint density at radius 1 is 1.30 bits per heavy atom. The maximum atomic E-state index is 6.25. The Balaban J connectivity index is 2.20. The highest BCUT2D eigenvalue weighted by molar-refractivity contribution is 6.30. The lowest BCUT2D eigenvalue weighted by Crippen LogP contribution is -2.32. The molecule has 0 radical (unpaired) electrons. The maximum Gasteiger partial charge on any atom is 0.137 e. The van der Waals surface area contributed by atoms with Crippen molar-refractivity contribution in [3.63, 3.8) is 0 Å². The molecule has 1 aliphatic rings. The van der Waals surface area contributed by atoms with Crippen LogP contribution < -0.4 is 5.32 Å². The van der Waals surface area contributed by atoms with E-state index in [4.69, 9.17) is 11.6 Å². The summed E-state index contributed by atoms with van der Waals surface area (Å²) in [5, 5.41) is 4.18. The Kier molecular flexibility index (Phi) is 4.58. The zero-order valence-corrected chi connectivity index (χ0v) is 14.0. The first-order valence-electron chi connectivity index (χ1n) is 7.59. The number of nitrogens with zero attached hydrogens (tertiary/aromatic N) is 2. The average Bonchev–Trinajstić information content (AvgIpc) is 2.33. The van der Waals surface area contributed by atoms with Crippen LogP contribution in [0.25, 0.3) is 0 Å². The average molecular weight is 296 g/mol. The topological polar surface area (TPSA) is 37.8 Å². The maximum absolute atomic E-state index is 6.25. The lowest BCUT2D eigenvalue weighted by molar-refractivity contribution is 0.229. The van der Waals surface area contributed by atoms with Crippen LogP contribution in [0.1, 0.15) is 70.7 Å². The molecule has 1 atom stereocenters. The summed E-state index contributed by atoms with van der Waals surface area (Å²) < 4.78 is 0. The van der Waals surface area contributed by atoms with Crippen LogP contribution in [0.3, 0.4) is 0 Å². The second-order valence-electron chi connectivity index (χ2n) is 7.10. The van der Waals surface area contributed by atoms with Gasteiger partial charge in [-0.15, -0.1) is 0 Å². The largest absolute Gasteiger partial charge is 0.367 e. The van der Waals surface area contributed by atoms with E-state index in [1.54, 1.807) is 0 Å². The number of rotatable bonds is 3. The van der Waals surface area contributed by atoms with Gasteiger partial charge in [-0.3, -0.25) is 0 Å². The highest BCUT2D eigenvalue weighted by atomic mass is 35.5. The molecule has 0 amide bonds. The van der Waals surface area contributed by atoms with Crippen molar-refractivity contribution in [3.05, 3.63) is 16.5 Å². The first-order chi connectivity index (χ1) is 9.28. The Hall–Kier alpha value is -0.830.